The molecule has 0 atom stereocenters. The Hall–Kier alpha value is -2.47. The number of rotatable bonds is 3. The summed E-state index contributed by atoms with van der Waals surface area (Å²) in [5.74, 6) is 0.770. The Kier molecular flexibility index (Phi) is 4.72. The van der Waals surface area contributed by atoms with Crippen LogP contribution in [0.15, 0.2) is 42.7 Å². The molecular weight excluding hydrogens is 353 g/mol. The summed E-state index contributed by atoms with van der Waals surface area (Å²) in [6, 6.07) is 9.28. The molecule has 28 heavy (non-hydrogen) atoms. The van der Waals surface area contributed by atoms with Crippen molar-refractivity contribution in [1.29, 1.82) is 0 Å². The number of aromatic nitrogens is 3. The summed E-state index contributed by atoms with van der Waals surface area (Å²) < 4.78 is 15.1. The van der Waals surface area contributed by atoms with Crippen LogP contribution in [0.3, 0.4) is 0 Å². The Morgan fingerprint density at radius 2 is 1.68 bits per heavy atom. The molecule has 0 bridgehead atoms. The summed E-state index contributed by atoms with van der Waals surface area (Å²) in [4.78, 5) is 9.77. The molecule has 1 aromatic carbocycles. The van der Waals surface area contributed by atoms with Crippen LogP contribution in [0.5, 0.6) is 0 Å². The smallest absolute Gasteiger partial charge is 0.154 e. The Morgan fingerprint density at radius 1 is 0.929 bits per heavy atom. The largest absolute Gasteiger partial charge is 0.355 e. The first-order valence-corrected chi connectivity index (χ1v) is 10.4. The van der Waals surface area contributed by atoms with Gasteiger partial charge in [-0.15, -0.1) is 0 Å². The minimum atomic E-state index is -0.230. The van der Waals surface area contributed by atoms with Gasteiger partial charge < -0.3 is 9.80 Å². The van der Waals surface area contributed by atoms with Gasteiger partial charge in [0.05, 0.1) is 5.69 Å². The van der Waals surface area contributed by atoms with Crippen LogP contribution in [-0.4, -0.2) is 51.7 Å². The Bertz CT molecular complexity index is 937. The van der Waals surface area contributed by atoms with Gasteiger partial charge in [-0.25, -0.2) is 13.9 Å². The Balaban J connectivity index is 1.37. The van der Waals surface area contributed by atoms with E-state index in [1.807, 2.05) is 16.9 Å². The minimum absolute atomic E-state index is 0.230. The zero-order valence-electron chi connectivity index (χ0n) is 16.1. The van der Waals surface area contributed by atoms with Crippen LogP contribution < -0.4 is 4.90 Å². The lowest BCUT2D eigenvalue weighted by atomic mass is 10.00. The number of hydrogen-bond acceptors (Lipinski definition) is 4. The molecule has 2 aliphatic rings. The SMILES string of the molecule is Fc1ccc(-c2cc3c(N4CCC(N5CCCCC5)CC4)nccn3n2)cc1. The zero-order chi connectivity index (χ0) is 18.9. The lowest BCUT2D eigenvalue weighted by molar-refractivity contribution is 0.141. The standard InChI is InChI=1S/C22H26FN5/c23-18-6-4-17(5-7-18)20-16-21-22(24-10-15-28(21)25-20)27-13-8-19(9-14-27)26-11-2-1-3-12-26/h4-7,10,15-16,19H,1-3,8-9,11-14H2. The number of likely N-dealkylation sites (tertiary alicyclic amines) is 1. The third-order valence-corrected chi connectivity index (χ3v) is 6.18. The highest BCUT2D eigenvalue weighted by Gasteiger charge is 2.27. The van der Waals surface area contributed by atoms with Crippen molar-refractivity contribution in [3.63, 3.8) is 0 Å². The quantitative estimate of drug-likeness (QED) is 0.690. The van der Waals surface area contributed by atoms with E-state index in [-0.39, 0.29) is 5.82 Å². The summed E-state index contributed by atoms with van der Waals surface area (Å²) >= 11 is 0. The van der Waals surface area contributed by atoms with Crippen molar-refractivity contribution >= 4 is 11.3 Å². The third kappa shape index (κ3) is 3.37. The van der Waals surface area contributed by atoms with E-state index in [2.05, 4.69) is 25.9 Å². The van der Waals surface area contributed by atoms with Crippen LogP contribution in [-0.2, 0) is 0 Å². The highest BCUT2D eigenvalue weighted by Crippen LogP contribution is 2.28. The van der Waals surface area contributed by atoms with E-state index in [1.165, 1.54) is 57.3 Å². The van der Waals surface area contributed by atoms with E-state index in [4.69, 9.17) is 0 Å². The molecule has 0 amide bonds. The van der Waals surface area contributed by atoms with Crippen LogP contribution in [0, 0.1) is 5.82 Å². The number of anilines is 1. The lowest BCUT2D eigenvalue weighted by Gasteiger charge is -2.40. The first kappa shape index (κ1) is 17.6. The van der Waals surface area contributed by atoms with Gasteiger partial charge in [0.2, 0.25) is 0 Å². The van der Waals surface area contributed by atoms with E-state index >= 15 is 0 Å². The lowest BCUT2D eigenvalue weighted by Crippen LogP contribution is -2.47. The molecule has 0 spiro atoms. The number of fused-ring (bicyclic) bond motifs is 1. The molecule has 4 heterocycles. The van der Waals surface area contributed by atoms with Gasteiger partial charge in [-0.05, 0) is 69.1 Å². The van der Waals surface area contributed by atoms with Crippen molar-refractivity contribution in [2.45, 2.75) is 38.1 Å². The van der Waals surface area contributed by atoms with Gasteiger partial charge in [-0.3, -0.25) is 0 Å². The molecule has 0 N–H and O–H groups in total. The number of hydrogen-bond donors (Lipinski definition) is 0. The van der Waals surface area contributed by atoms with Crippen LogP contribution in [0.4, 0.5) is 10.2 Å². The molecule has 3 aromatic rings. The van der Waals surface area contributed by atoms with E-state index in [0.717, 1.165) is 41.7 Å². The molecule has 146 valence electrons. The van der Waals surface area contributed by atoms with Crippen molar-refractivity contribution in [1.82, 2.24) is 19.5 Å². The molecule has 2 aliphatic heterocycles. The molecule has 2 aromatic heterocycles. The molecule has 2 fully saturated rings. The summed E-state index contributed by atoms with van der Waals surface area (Å²) in [5, 5.41) is 4.68. The second kappa shape index (κ2) is 7.51. The van der Waals surface area contributed by atoms with E-state index in [9.17, 15) is 4.39 Å². The van der Waals surface area contributed by atoms with Crippen molar-refractivity contribution in [2.75, 3.05) is 31.1 Å². The van der Waals surface area contributed by atoms with Gasteiger partial charge in [0.15, 0.2) is 5.82 Å². The predicted octanol–water partition coefficient (Wildman–Crippen LogP) is 3.99. The van der Waals surface area contributed by atoms with Gasteiger partial charge in [0, 0.05) is 37.1 Å². The second-order valence-corrected chi connectivity index (χ2v) is 7.93. The topological polar surface area (TPSA) is 36.7 Å². The zero-order valence-corrected chi connectivity index (χ0v) is 16.1. The van der Waals surface area contributed by atoms with Gasteiger partial charge in [-0.1, -0.05) is 6.42 Å². The van der Waals surface area contributed by atoms with Gasteiger partial charge in [-0.2, -0.15) is 5.10 Å². The van der Waals surface area contributed by atoms with Crippen molar-refractivity contribution in [3.8, 4) is 11.3 Å². The number of piperidine rings is 2. The first-order valence-electron chi connectivity index (χ1n) is 10.4. The molecule has 5 rings (SSSR count). The fourth-order valence-electron chi connectivity index (χ4n) is 4.64. The minimum Gasteiger partial charge on any atom is -0.355 e. The van der Waals surface area contributed by atoms with Gasteiger partial charge in [0.25, 0.3) is 0 Å². The number of benzene rings is 1. The Morgan fingerprint density at radius 3 is 2.43 bits per heavy atom. The van der Waals surface area contributed by atoms with E-state index in [0.29, 0.717) is 0 Å². The first-order chi connectivity index (χ1) is 13.8. The van der Waals surface area contributed by atoms with Crippen LogP contribution in [0.25, 0.3) is 16.8 Å². The van der Waals surface area contributed by atoms with Crippen molar-refractivity contribution in [2.24, 2.45) is 0 Å². The molecule has 0 unspecified atom stereocenters. The fraction of sp³-hybridized carbons (Fsp3) is 0.455. The van der Waals surface area contributed by atoms with Crippen LogP contribution in [0.2, 0.25) is 0 Å². The third-order valence-electron chi connectivity index (χ3n) is 6.18. The average molecular weight is 379 g/mol. The second-order valence-electron chi connectivity index (χ2n) is 7.93. The van der Waals surface area contributed by atoms with E-state index < -0.39 is 0 Å². The Labute approximate surface area is 164 Å². The highest BCUT2D eigenvalue weighted by atomic mass is 19.1. The normalized spacial score (nSPS) is 19.4. The average Bonchev–Trinajstić information content (AvgIpc) is 3.19. The monoisotopic (exact) mass is 379 g/mol. The maximum absolute atomic E-state index is 13.2. The molecular formula is C22H26FN5. The van der Waals surface area contributed by atoms with Crippen molar-refractivity contribution < 1.29 is 4.39 Å². The van der Waals surface area contributed by atoms with Gasteiger partial charge >= 0.3 is 0 Å². The highest BCUT2D eigenvalue weighted by molar-refractivity contribution is 5.75. The summed E-state index contributed by atoms with van der Waals surface area (Å²) in [5.41, 5.74) is 2.77. The summed E-state index contributed by atoms with van der Waals surface area (Å²) in [7, 11) is 0. The molecule has 5 nitrogen and oxygen atoms in total. The molecule has 0 aliphatic carbocycles. The number of halogens is 1. The van der Waals surface area contributed by atoms with E-state index in [1.54, 1.807) is 12.1 Å². The fourth-order valence-corrected chi connectivity index (χ4v) is 4.64. The maximum atomic E-state index is 13.2. The van der Waals surface area contributed by atoms with Crippen molar-refractivity contribution in [3.05, 3.63) is 48.5 Å². The van der Waals surface area contributed by atoms with Crippen LogP contribution >= 0.6 is 0 Å². The molecule has 6 heteroatoms. The molecule has 0 saturated carbocycles. The maximum Gasteiger partial charge on any atom is 0.154 e. The van der Waals surface area contributed by atoms with Gasteiger partial charge in [0.1, 0.15) is 11.3 Å². The summed E-state index contributed by atoms with van der Waals surface area (Å²) in [6.07, 6.45) is 10.2. The predicted molar refractivity (Wildman–Crippen MR) is 109 cm³/mol. The molecule has 2 saturated heterocycles. The molecule has 0 radical (unpaired) electrons. The van der Waals surface area contributed by atoms with Crippen LogP contribution in [0.1, 0.15) is 32.1 Å². The summed E-state index contributed by atoms with van der Waals surface area (Å²) in [6.45, 7) is 4.60. The number of nitrogens with zero attached hydrogens (tertiary/aromatic N) is 5.